The first-order valence-corrected chi connectivity index (χ1v) is 20.6. The Morgan fingerprint density at radius 1 is 0.483 bits per heavy atom. The molecule has 60 heavy (non-hydrogen) atoms. The molecule has 0 atom stereocenters. The van der Waals surface area contributed by atoms with Crippen LogP contribution in [0.3, 0.4) is 0 Å². The van der Waals surface area contributed by atoms with Crippen molar-refractivity contribution in [3.8, 4) is 0 Å². The third kappa shape index (κ3) is 7.79. The van der Waals surface area contributed by atoms with Gasteiger partial charge in [-0.15, -0.1) is 0 Å². The molecule has 3 saturated heterocycles. The van der Waals surface area contributed by atoms with E-state index in [1.54, 1.807) is 36.7 Å². The molecule has 0 bridgehead atoms. The monoisotopic (exact) mass is 894 g/mol. The molecule has 0 aliphatic carbocycles. The highest BCUT2D eigenvalue weighted by Crippen LogP contribution is 2.43. The molecule has 9 rings (SSSR count). The summed E-state index contributed by atoms with van der Waals surface area (Å²) in [7, 11) is -1.54. The maximum atomic E-state index is 13.7. The van der Waals surface area contributed by atoms with Crippen LogP contribution in [0.2, 0.25) is 0 Å². The lowest BCUT2D eigenvalue weighted by Crippen LogP contribution is -2.41. The highest BCUT2D eigenvalue weighted by molar-refractivity contribution is 9.10. The fraction of sp³-hybridized carbons (Fsp3) is 0.476. The first-order chi connectivity index (χ1) is 27.8. The van der Waals surface area contributed by atoms with E-state index in [9.17, 15) is 17.6 Å². The number of pyridine rings is 2. The van der Waals surface area contributed by atoms with E-state index in [2.05, 4.69) is 25.9 Å². The second-order valence-electron chi connectivity index (χ2n) is 18.4. The summed E-state index contributed by atoms with van der Waals surface area (Å²) in [5.41, 5.74) is 0.253. The number of rotatable bonds is 4. The van der Waals surface area contributed by atoms with E-state index >= 15 is 0 Å². The van der Waals surface area contributed by atoms with Crippen LogP contribution in [0, 0.1) is 0 Å². The Kier molecular flexibility index (Phi) is 11.4. The van der Waals surface area contributed by atoms with Crippen LogP contribution in [0.1, 0.15) is 96.2 Å². The van der Waals surface area contributed by atoms with Crippen molar-refractivity contribution in [2.75, 3.05) is 0 Å². The minimum atomic E-state index is -2.64. The molecule has 0 unspecified atom stereocenters. The zero-order valence-electron chi connectivity index (χ0n) is 35.9. The van der Waals surface area contributed by atoms with Crippen molar-refractivity contribution < 1.29 is 45.5 Å². The molecule has 3 aliphatic heterocycles. The van der Waals surface area contributed by atoms with Crippen LogP contribution in [-0.4, -0.2) is 73.8 Å². The van der Waals surface area contributed by atoms with Gasteiger partial charge in [-0.1, -0.05) is 34.1 Å². The number of hydrogen-bond acceptors (Lipinski definition) is 8. The number of aromatic nitrogens is 4. The highest BCUT2D eigenvalue weighted by atomic mass is 79.9. The normalized spacial score (nSPS) is 21.0. The van der Waals surface area contributed by atoms with E-state index in [-0.39, 0.29) is 22.4 Å². The second-order valence-corrected chi connectivity index (χ2v) is 19.3. The molecule has 3 aliphatic rings. The molecule has 0 spiro atoms. The summed E-state index contributed by atoms with van der Waals surface area (Å²) < 4.78 is 92.4. The zero-order valence-corrected chi connectivity index (χ0v) is 37.5. The first-order valence-electron chi connectivity index (χ1n) is 19.8. The van der Waals surface area contributed by atoms with Crippen molar-refractivity contribution >= 4 is 86.1 Å². The van der Waals surface area contributed by atoms with Crippen molar-refractivity contribution in [3.05, 3.63) is 77.8 Å². The van der Waals surface area contributed by atoms with E-state index in [1.165, 1.54) is 12.4 Å². The molecule has 0 N–H and O–H groups in total. The molecule has 0 saturated carbocycles. The predicted molar refractivity (Wildman–Crippen MR) is 233 cm³/mol. The summed E-state index contributed by atoms with van der Waals surface area (Å²) in [5, 5.41) is 2.98. The van der Waals surface area contributed by atoms with Gasteiger partial charge in [-0.3, -0.25) is 19.1 Å². The topological polar surface area (TPSA) is 91.0 Å². The van der Waals surface area contributed by atoms with Crippen molar-refractivity contribution in [3.63, 3.8) is 0 Å². The van der Waals surface area contributed by atoms with Gasteiger partial charge in [-0.2, -0.15) is 17.6 Å². The van der Waals surface area contributed by atoms with Crippen LogP contribution in [0.25, 0.3) is 43.6 Å². The van der Waals surface area contributed by atoms with E-state index in [1.807, 2.05) is 107 Å². The van der Waals surface area contributed by atoms with Crippen LogP contribution < -0.4 is 5.46 Å². The standard InChI is InChI=1S/C18H19BF2N2O2.C12H24B2O4.C12H7BrF2N2/c1-17(2)18(3,4)25-19(24-17)11-5-6-12-13-10-22-8-7-14(13)23(16(20)21)15(12)9-11;1-9(2)10(3,4)16-13(15-9)14-17-11(5,6)12(7,8)18-14;13-7-1-2-8-9-6-16-4-3-10(9)17(12(14)15)11(8)5-7/h5-10,16H,1-4H3;1-8H3;1-6,12H. The predicted octanol–water partition coefficient (Wildman–Crippen LogP) is 10.5. The second kappa shape index (κ2) is 15.4. The summed E-state index contributed by atoms with van der Waals surface area (Å²) in [6.45, 7) is 18.9. The number of benzene rings is 2. The number of alkyl halides is 4. The van der Waals surface area contributed by atoms with Crippen molar-refractivity contribution in [1.29, 1.82) is 0 Å². The quantitative estimate of drug-likeness (QED) is 0.128. The number of halogens is 5. The Labute approximate surface area is 357 Å². The SMILES string of the molecule is CC1(C)OB(B2OC(C)(C)C(C)(C)O2)OC1(C)C.CC1(C)OB(c2ccc3c4cnccc4n(C(F)F)c3c2)OC1(C)C.FC(F)n1c2ccncc2c2ccc(Br)cc21. The van der Waals surface area contributed by atoms with Crippen molar-refractivity contribution in [1.82, 2.24) is 19.1 Å². The maximum Gasteiger partial charge on any atom is 0.494 e. The Morgan fingerprint density at radius 3 is 1.25 bits per heavy atom. The van der Waals surface area contributed by atoms with Gasteiger partial charge in [0.25, 0.3) is 0 Å². The molecule has 18 heteroatoms. The van der Waals surface area contributed by atoms with Crippen LogP contribution >= 0.6 is 15.9 Å². The Bertz CT molecular complexity index is 2480. The van der Waals surface area contributed by atoms with Gasteiger partial charge in [0, 0.05) is 50.8 Å². The molecular formula is C42H50B3BrF4N4O6. The van der Waals surface area contributed by atoms with Crippen LogP contribution in [0.4, 0.5) is 17.6 Å². The fourth-order valence-corrected chi connectivity index (χ4v) is 7.67. The number of hydrogen-bond donors (Lipinski definition) is 0. The summed E-state index contributed by atoms with van der Waals surface area (Å²) >= 11 is 3.30. The van der Waals surface area contributed by atoms with Gasteiger partial charge in [-0.25, -0.2) is 0 Å². The molecule has 318 valence electrons. The molecule has 0 amide bonds. The Balaban J connectivity index is 0.000000140. The summed E-state index contributed by atoms with van der Waals surface area (Å²) in [6.07, 6.45) is 6.28. The lowest BCUT2D eigenvalue weighted by molar-refractivity contribution is 0.00578. The minimum Gasteiger partial charge on any atom is -0.405 e. The summed E-state index contributed by atoms with van der Waals surface area (Å²) in [5.74, 6) is 0. The van der Waals surface area contributed by atoms with Crippen LogP contribution in [0.5, 0.6) is 0 Å². The highest BCUT2D eigenvalue weighted by Gasteiger charge is 2.63. The van der Waals surface area contributed by atoms with Gasteiger partial charge in [-0.05, 0) is 119 Å². The largest absolute Gasteiger partial charge is 0.494 e. The third-order valence-electron chi connectivity index (χ3n) is 12.9. The van der Waals surface area contributed by atoms with E-state index < -0.39 is 45.4 Å². The molecule has 7 heterocycles. The summed E-state index contributed by atoms with van der Waals surface area (Å²) in [4.78, 5) is 8.05. The molecular weight excluding hydrogens is 845 g/mol. The van der Waals surface area contributed by atoms with Gasteiger partial charge in [0.1, 0.15) is 0 Å². The van der Waals surface area contributed by atoms with Crippen molar-refractivity contribution in [2.45, 2.75) is 130 Å². The molecule has 6 aromatic rings. The van der Waals surface area contributed by atoms with Crippen molar-refractivity contribution in [2.24, 2.45) is 0 Å². The molecule has 10 nitrogen and oxygen atoms in total. The van der Waals surface area contributed by atoms with E-state index in [0.717, 1.165) is 35.2 Å². The van der Waals surface area contributed by atoms with Gasteiger partial charge >= 0.3 is 34.2 Å². The maximum absolute atomic E-state index is 13.7. The third-order valence-corrected chi connectivity index (χ3v) is 13.4. The average Bonchev–Trinajstić information content (AvgIpc) is 3.85. The van der Waals surface area contributed by atoms with Crippen LogP contribution in [0.15, 0.2) is 77.8 Å². The average molecular weight is 895 g/mol. The lowest BCUT2D eigenvalue weighted by Gasteiger charge is -2.32. The van der Waals surface area contributed by atoms with Gasteiger partial charge in [0.2, 0.25) is 0 Å². The van der Waals surface area contributed by atoms with Gasteiger partial charge in [0.05, 0.1) is 55.7 Å². The minimum absolute atomic E-state index is 0.360. The van der Waals surface area contributed by atoms with Gasteiger partial charge in [0.15, 0.2) is 0 Å². The molecule has 2 aromatic carbocycles. The molecule has 3 fully saturated rings. The number of fused-ring (bicyclic) bond motifs is 6. The van der Waals surface area contributed by atoms with E-state index in [4.69, 9.17) is 27.9 Å². The molecule has 4 aromatic heterocycles. The van der Waals surface area contributed by atoms with E-state index in [0.29, 0.717) is 27.5 Å². The Hall–Kier alpha value is -3.51. The van der Waals surface area contributed by atoms with Crippen LogP contribution in [-0.2, 0) is 27.9 Å². The Morgan fingerprint density at radius 2 is 0.850 bits per heavy atom. The fourth-order valence-electron chi connectivity index (χ4n) is 7.32. The summed E-state index contributed by atoms with van der Waals surface area (Å²) in [6, 6.07) is 14.0. The van der Waals surface area contributed by atoms with Gasteiger partial charge < -0.3 is 27.9 Å². The molecule has 0 radical (unpaired) electrons. The first kappa shape index (κ1) is 44.5. The number of nitrogens with zero attached hydrogens (tertiary/aromatic N) is 4. The smallest absolute Gasteiger partial charge is 0.405 e. The zero-order chi connectivity index (χ0) is 44.0. The lowest BCUT2D eigenvalue weighted by atomic mass is 9.49.